The second kappa shape index (κ2) is 10.6. The molecule has 0 N–H and O–H groups in total. The molecule has 0 bridgehead atoms. The summed E-state index contributed by atoms with van der Waals surface area (Å²) < 4.78 is 18.6. The molecule has 1 atom stereocenters. The summed E-state index contributed by atoms with van der Waals surface area (Å²) in [6.07, 6.45) is 10.4. The number of nitrogens with zero attached hydrogens (tertiary/aromatic N) is 1. The fraction of sp³-hybridized carbons (Fsp3) is 0.700. The maximum atomic E-state index is 12.9. The lowest BCUT2D eigenvalue weighted by Gasteiger charge is -2.27. The fourth-order valence-electron chi connectivity index (χ4n) is 3.50. The Labute approximate surface area is 141 Å². The van der Waals surface area contributed by atoms with Gasteiger partial charge in [0.15, 0.2) is 0 Å². The van der Waals surface area contributed by atoms with Crippen LogP contribution in [0.15, 0.2) is 24.3 Å². The van der Waals surface area contributed by atoms with Gasteiger partial charge in [0.05, 0.1) is 6.61 Å². The Morgan fingerprint density at radius 1 is 1.04 bits per heavy atom. The Hall–Kier alpha value is -1.09. The highest BCUT2D eigenvalue weighted by Gasteiger charge is 2.12. The zero-order valence-electron chi connectivity index (χ0n) is 14.6. The Bertz CT molecular complexity index is 414. The van der Waals surface area contributed by atoms with Crippen LogP contribution in [0.5, 0.6) is 5.75 Å². The summed E-state index contributed by atoms with van der Waals surface area (Å²) in [5.74, 6) is 1.32. The van der Waals surface area contributed by atoms with Crippen LogP contribution in [0.4, 0.5) is 4.39 Å². The Balaban J connectivity index is 1.63. The van der Waals surface area contributed by atoms with Crippen LogP contribution in [-0.2, 0) is 0 Å². The summed E-state index contributed by atoms with van der Waals surface area (Å²) in [6, 6.07) is 6.33. The van der Waals surface area contributed by atoms with Gasteiger partial charge in [0.2, 0.25) is 0 Å². The molecular weight excluding hydrogens is 289 g/mol. The van der Waals surface area contributed by atoms with Gasteiger partial charge in [-0.1, -0.05) is 26.2 Å². The molecule has 23 heavy (non-hydrogen) atoms. The minimum atomic E-state index is -0.209. The van der Waals surface area contributed by atoms with E-state index in [9.17, 15) is 4.39 Å². The third-order valence-electron chi connectivity index (χ3n) is 4.84. The molecule has 1 aliphatic heterocycles. The molecule has 1 heterocycles. The lowest BCUT2D eigenvalue weighted by molar-refractivity contribution is 0.211. The normalized spacial score (nSPS) is 17.1. The molecule has 1 aliphatic rings. The van der Waals surface area contributed by atoms with Crippen molar-refractivity contribution in [1.82, 2.24) is 4.90 Å². The van der Waals surface area contributed by atoms with Crippen LogP contribution in [0.25, 0.3) is 0 Å². The highest BCUT2D eigenvalue weighted by molar-refractivity contribution is 5.21. The first-order chi connectivity index (χ1) is 11.3. The van der Waals surface area contributed by atoms with Crippen LogP contribution < -0.4 is 4.74 Å². The number of hydrogen-bond acceptors (Lipinski definition) is 2. The number of halogens is 1. The van der Waals surface area contributed by atoms with Gasteiger partial charge in [0.1, 0.15) is 11.6 Å². The SMILES string of the molecule is CCCC(CCCN1CCCCC1)CCOc1ccc(F)cc1. The van der Waals surface area contributed by atoms with Crippen LogP contribution in [0.1, 0.15) is 58.3 Å². The first kappa shape index (κ1) is 18.3. The molecule has 1 saturated heterocycles. The Morgan fingerprint density at radius 3 is 2.48 bits per heavy atom. The van der Waals surface area contributed by atoms with E-state index in [1.807, 2.05) is 0 Å². The first-order valence-electron chi connectivity index (χ1n) is 9.38. The third-order valence-corrected chi connectivity index (χ3v) is 4.84. The lowest BCUT2D eigenvalue weighted by atomic mass is 9.94. The summed E-state index contributed by atoms with van der Waals surface area (Å²) in [4.78, 5) is 2.63. The monoisotopic (exact) mass is 321 g/mol. The van der Waals surface area contributed by atoms with Crippen molar-refractivity contribution >= 4 is 0 Å². The molecule has 0 aromatic heterocycles. The second-order valence-corrected chi connectivity index (χ2v) is 6.79. The topological polar surface area (TPSA) is 12.5 Å². The standard InChI is InChI=1S/C20H32FNO/c1-2-7-18(8-6-16-22-14-4-3-5-15-22)13-17-23-20-11-9-19(21)10-12-20/h9-12,18H,2-8,13-17H2,1H3. The van der Waals surface area contributed by atoms with E-state index < -0.39 is 0 Å². The van der Waals surface area contributed by atoms with Crippen molar-refractivity contribution in [2.75, 3.05) is 26.2 Å². The fourth-order valence-corrected chi connectivity index (χ4v) is 3.50. The number of rotatable bonds is 10. The van der Waals surface area contributed by atoms with Crippen molar-refractivity contribution in [2.24, 2.45) is 5.92 Å². The van der Waals surface area contributed by atoms with Crippen molar-refractivity contribution in [2.45, 2.75) is 58.3 Å². The van der Waals surface area contributed by atoms with Gasteiger partial charge in [-0.15, -0.1) is 0 Å². The smallest absolute Gasteiger partial charge is 0.123 e. The molecule has 130 valence electrons. The number of hydrogen-bond donors (Lipinski definition) is 0. The third kappa shape index (κ3) is 7.34. The number of ether oxygens (including phenoxy) is 1. The molecule has 1 aromatic carbocycles. The molecule has 1 aromatic rings. The number of piperidine rings is 1. The van der Waals surface area contributed by atoms with Gasteiger partial charge in [0, 0.05) is 0 Å². The molecule has 1 unspecified atom stereocenters. The minimum absolute atomic E-state index is 0.209. The van der Waals surface area contributed by atoms with E-state index >= 15 is 0 Å². The van der Waals surface area contributed by atoms with E-state index in [4.69, 9.17) is 4.74 Å². The number of likely N-dealkylation sites (tertiary alicyclic amines) is 1. The molecule has 2 rings (SSSR count). The van der Waals surface area contributed by atoms with Crippen LogP contribution in [0.2, 0.25) is 0 Å². The van der Waals surface area contributed by atoms with Crippen molar-refractivity contribution in [3.63, 3.8) is 0 Å². The second-order valence-electron chi connectivity index (χ2n) is 6.79. The summed E-state index contributed by atoms with van der Waals surface area (Å²) >= 11 is 0. The van der Waals surface area contributed by atoms with Gasteiger partial charge in [-0.3, -0.25) is 0 Å². The van der Waals surface area contributed by atoms with Crippen LogP contribution in [0, 0.1) is 11.7 Å². The molecule has 0 aliphatic carbocycles. The minimum Gasteiger partial charge on any atom is -0.494 e. The Morgan fingerprint density at radius 2 is 1.78 bits per heavy atom. The molecular formula is C20H32FNO. The van der Waals surface area contributed by atoms with Crippen LogP contribution in [-0.4, -0.2) is 31.1 Å². The van der Waals surface area contributed by atoms with E-state index in [-0.39, 0.29) is 5.82 Å². The predicted octanol–water partition coefficient (Wildman–Crippen LogP) is 5.28. The Kier molecular flexibility index (Phi) is 8.44. The molecule has 0 saturated carbocycles. The molecule has 0 spiro atoms. The largest absolute Gasteiger partial charge is 0.494 e. The predicted molar refractivity (Wildman–Crippen MR) is 94.4 cm³/mol. The van der Waals surface area contributed by atoms with Gasteiger partial charge < -0.3 is 9.64 Å². The van der Waals surface area contributed by atoms with E-state index in [2.05, 4.69) is 11.8 Å². The molecule has 0 radical (unpaired) electrons. The van der Waals surface area contributed by atoms with Crippen molar-refractivity contribution in [3.05, 3.63) is 30.1 Å². The van der Waals surface area contributed by atoms with Gasteiger partial charge in [-0.25, -0.2) is 4.39 Å². The summed E-state index contributed by atoms with van der Waals surface area (Å²) in [6.45, 7) is 6.86. The zero-order chi connectivity index (χ0) is 16.3. The van der Waals surface area contributed by atoms with E-state index in [0.717, 1.165) is 24.7 Å². The molecule has 1 fully saturated rings. The maximum absolute atomic E-state index is 12.9. The average molecular weight is 321 g/mol. The quantitative estimate of drug-likeness (QED) is 0.581. The van der Waals surface area contributed by atoms with E-state index in [1.165, 1.54) is 76.7 Å². The van der Waals surface area contributed by atoms with E-state index in [1.54, 1.807) is 12.1 Å². The van der Waals surface area contributed by atoms with Crippen molar-refractivity contribution in [1.29, 1.82) is 0 Å². The van der Waals surface area contributed by atoms with Crippen LogP contribution in [0.3, 0.4) is 0 Å². The molecule has 3 heteroatoms. The highest BCUT2D eigenvalue weighted by atomic mass is 19.1. The van der Waals surface area contributed by atoms with Gasteiger partial charge in [0.25, 0.3) is 0 Å². The van der Waals surface area contributed by atoms with E-state index in [0.29, 0.717) is 0 Å². The van der Waals surface area contributed by atoms with Crippen molar-refractivity contribution < 1.29 is 9.13 Å². The molecule has 2 nitrogen and oxygen atoms in total. The summed E-state index contributed by atoms with van der Waals surface area (Å²) in [7, 11) is 0. The highest BCUT2D eigenvalue weighted by Crippen LogP contribution is 2.20. The van der Waals surface area contributed by atoms with Gasteiger partial charge in [-0.2, -0.15) is 0 Å². The number of benzene rings is 1. The molecule has 0 amide bonds. The first-order valence-corrected chi connectivity index (χ1v) is 9.38. The van der Waals surface area contributed by atoms with Crippen LogP contribution >= 0.6 is 0 Å². The van der Waals surface area contributed by atoms with Crippen molar-refractivity contribution in [3.8, 4) is 5.75 Å². The summed E-state index contributed by atoms with van der Waals surface area (Å²) in [5.41, 5.74) is 0. The lowest BCUT2D eigenvalue weighted by Crippen LogP contribution is -2.30. The van der Waals surface area contributed by atoms with Gasteiger partial charge >= 0.3 is 0 Å². The zero-order valence-corrected chi connectivity index (χ0v) is 14.6. The maximum Gasteiger partial charge on any atom is 0.123 e. The summed E-state index contributed by atoms with van der Waals surface area (Å²) in [5, 5.41) is 0. The average Bonchev–Trinajstić information content (AvgIpc) is 2.58. The van der Waals surface area contributed by atoms with Gasteiger partial charge in [-0.05, 0) is 81.9 Å².